The third kappa shape index (κ3) is 3.53. The Kier molecular flexibility index (Phi) is 4.56. The first-order valence-electron chi connectivity index (χ1n) is 7.00. The summed E-state index contributed by atoms with van der Waals surface area (Å²) in [6.45, 7) is 4.05. The minimum atomic E-state index is -2.69. The van der Waals surface area contributed by atoms with Crippen molar-refractivity contribution in [1.82, 2.24) is 0 Å². The quantitative estimate of drug-likeness (QED) is 0.796. The van der Waals surface area contributed by atoms with E-state index in [4.69, 9.17) is 4.74 Å². The number of halogens is 2. The fraction of sp³-hybridized carbons (Fsp3) is 0.625. The Labute approximate surface area is 114 Å². The summed E-state index contributed by atoms with van der Waals surface area (Å²) in [5.74, 6) is -3.08. The Balaban J connectivity index is 2.05. The molecule has 1 aliphatic heterocycles. The van der Waals surface area contributed by atoms with E-state index in [1.807, 2.05) is 44.2 Å². The van der Waals surface area contributed by atoms with E-state index in [1.54, 1.807) is 0 Å². The summed E-state index contributed by atoms with van der Waals surface area (Å²) in [5, 5.41) is 0. The van der Waals surface area contributed by atoms with Crippen LogP contribution in [0, 0.1) is 17.8 Å². The zero-order valence-electron chi connectivity index (χ0n) is 11.6. The SMILES string of the molecule is CC(C)[C@H]1COCC(F)(F)[C@@H]1CCc1ccccc1. The van der Waals surface area contributed by atoms with E-state index in [-0.39, 0.29) is 11.8 Å². The van der Waals surface area contributed by atoms with Crippen LogP contribution >= 0.6 is 0 Å². The molecule has 2 rings (SSSR count). The van der Waals surface area contributed by atoms with Crippen LogP contribution in [0.4, 0.5) is 8.78 Å². The van der Waals surface area contributed by atoms with Gasteiger partial charge in [0.2, 0.25) is 0 Å². The predicted molar refractivity (Wildman–Crippen MR) is 72.3 cm³/mol. The lowest BCUT2D eigenvalue weighted by molar-refractivity contribution is -0.188. The van der Waals surface area contributed by atoms with Gasteiger partial charge in [0.1, 0.15) is 6.61 Å². The van der Waals surface area contributed by atoms with Gasteiger partial charge >= 0.3 is 0 Å². The molecule has 0 saturated carbocycles. The van der Waals surface area contributed by atoms with Crippen LogP contribution in [-0.4, -0.2) is 19.1 Å². The molecule has 19 heavy (non-hydrogen) atoms. The van der Waals surface area contributed by atoms with Crippen molar-refractivity contribution >= 4 is 0 Å². The molecule has 0 aliphatic carbocycles. The van der Waals surface area contributed by atoms with Crippen LogP contribution in [0.15, 0.2) is 30.3 Å². The van der Waals surface area contributed by atoms with Crippen LogP contribution in [0.25, 0.3) is 0 Å². The van der Waals surface area contributed by atoms with Crippen LogP contribution in [0.3, 0.4) is 0 Å². The Hall–Kier alpha value is -0.960. The average molecular weight is 268 g/mol. The first kappa shape index (κ1) is 14.4. The molecule has 0 unspecified atom stereocenters. The molecule has 1 saturated heterocycles. The largest absolute Gasteiger partial charge is 0.375 e. The van der Waals surface area contributed by atoms with Crippen molar-refractivity contribution < 1.29 is 13.5 Å². The monoisotopic (exact) mass is 268 g/mol. The Morgan fingerprint density at radius 3 is 2.58 bits per heavy atom. The van der Waals surface area contributed by atoms with Crippen molar-refractivity contribution in [1.29, 1.82) is 0 Å². The van der Waals surface area contributed by atoms with Crippen molar-refractivity contribution in [2.45, 2.75) is 32.6 Å². The summed E-state index contributed by atoms with van der Waals surface area (Å²) in [4.78, 5) is 0. The van der Waals surface area contributed by atoms with E-state index < -0.39 is 18.4 Å². The van der Waals surface area contributed by atoms with Gasteiger partial charge in [-0.25, -0.2) is 8.78 Å². The van der Waals surface area contributed by atoms with Gasteiger partial charge in [-0.15, -0.1) is 0 Å². The number of benzene rings is 1. The number of alkyl halides is 2. The highest BCUT2D eigenvalue weighted by atomic mass is 19.3. The molecule has 0 radical (unpaired) electrons. The molecule has 0 bridgehead atoms. The third-order valence-electron chi connectivity index (χ3n) is 4.11. The van der Waals surface area contributed by atoms with Gasteiger partial charge in [0.05, 0.1) is 6.61 Å². The predicted octanol–water partition coefficient (Wildman–Crippen LogP) is 4.17. The van der Waals surface area contributed by atoms with Crippen molar-refractivity contribution in [2.75, 3.05) is 13.2 Å². The molecule has 1 aliphatic rings. The normalized spacial score (nSPS) is 26.6. The van der Waals surface area contributed by atoms with Crippen LogP contribution in [-0.2, 0) is 11.2 Å². The fourth-order valence-electron chi connectivity index (χ4n) is 2.92. The number of hydrogen-bond acceptors (Lipinski definition) is 1. The average Bonchev–Trinajstić information content (AvgIpc) is 2.37. The molecule has 0 spiro atoms. The second-order valence-corrected chi connectivity index (χ2v) is 5.81. The smallest absolute Gasteiger partial charge is 0.274 e. The summed E-state index contributed by atoms with van der Waals surface area (Å²) < 4.78 is 33.2. The summed E-state index contributed by atoms with van der Waals surface area (Å²) in [5.41, 5.74) is 1.13. The van der Waals surface area contributed by atoms with Crippen LogP contribution in [0.5, 0.6) is 0 Å². The lowest BCUT2D eigenvalue weighted by atomic mass is 9.76. The highest BCUT2D eigenvalue weighted by molar-refractivity contribution is 5.15. The zero-order valence-corrected chi connectivity index (χ0v) is 11.6. The van der Waals surface area contributed by atoms with Gasteiger partial charge in [-0.1, -0.05) is 44.2 Å². The molecule has 0 aromatic heterocycles. The van der Waals surface area contributed by atoms with Gasteiger partial charge in [-0.3, -0.25) is 0 Å². The maximum Gasteiger partial charge on any atom is 0.274 e. The topological polar surface area (TPSA) is 9.23 Å². The maximum atomic E-state index is 14.1. The zero-order chi connectivity index (χ0) is 13.9. The number of aryl methyl sites for hydroxylation is 1. The second-order valence-electron chi connectivity index (χ2n) is 5.81. The molecule has 0 amide bonds. The first-order valence-corrected chi connectivity index (χ1v) is 7.00. The van der Waals surface area contributed by atoms with E-state index in [9.17, 15) is 8.78 Å². The standard InChI is InChI=1S/C16H22F2O/c1-12(2)14-10-19-11-16(17,18)15(14)9-8-13-6-4-3-5-7-13/h3-7,12,14-15H,8-11H2,1-2H3/t14-,15-/m1/s1. The summed E-state index contributed by atoms with van der Waals surface area (Å²) in [6.07, 6.45) is 1.24. The lowest BCUT2D eigenvalue weighted by Gasteiger charge is -2.40. The fourth-order valence-corrected chi connectivity index (χ4v) is 2.92. The van der Waals surface area contributed by atoms with Crippen molar-refractivity contribution in [3.05, 3.63) is 35.9 Å². The van der Waals surface area contributed by atoms with E-state index in [1.165, 1.54) is 0 Å². The molecule has 1 aromatic rings. The van der Waals surface area contributed by atoms with E-state index in [2.05, 4.69) is 0 Å². The molecule has 1 fully saturated rings. The molecule has 1 heterocycles. The van der Waals surface area contributed by atoms with Gasteiger partial charge < -0.3 is 4.74 Å². The molecular weight excluding hydrogens is 246 g/mol. The van der Waals surface area contributed by atoms with Gasteiger partial charge in [-0.2, -0.15) is 0 Å². The van der Waals surface area contributed by atoms with Crippen molar-refractivity contribution in [2.24, 2.45) is 17.8 Å². The van der Waals surface area contributed by atoms with E-state index >= 15 is 0 Å². The molecule has 3 heteroatoms. The molecular formula is C16H22F2O. The maximum absolute atomic E-state index is 14.1. The summed E-state index contributed by atoms with van der Waals surface area (Å²) >= 11 is 0. The summed E-state index contributed by atoms with van der Waals surface area (Å²) in [6, 6.07) is 9.86. The number of ether oxygens (including phenoxy) is 1. The number of hydrogen-bond donors (Lipinski definition) is 0. The third-order valence-corrected chi connectivity index (χ3v) is 4.11. The van der Waals surface area contributed by atoms with E-state index in [0.29, 0.717) is 19.4 Å². The highest BCUT2D eigenvalue weighted by Gasteiger charge is 2.48. The Morgan fingerprint density at radius 2 is 1.95 bits per heavy atom. The second kappa shape index (κ2) is 6.00. The van der Waals surface area contributed by atoms with E-state index in [0.717, 1.165) is 5.56 Å². The van der Waals surface area contributed by atoms with Crippen molar-refractivity contribution in [3.8, 4) is 0 Å². The molecule has 1 aromatic carbocycles. The molecule has 2 atom stereocenters. The van der Waals surface area contributed by atoms with Gasteiger partial charge in [0.25, 0.3) is 5.92 Å². The first-order chi connectivity index (χ1) is 9.00. The van der Waals surface area contributed by atoms with Crippen LogP contribution in [0.2, 0.25) is 0 Å². The Bertz CT molecular complexity index is 389. The van der Waals surface area contributed by atoms with Crippen LogP contribution < -0.4 is 0 Å². The van der Waals surface area contributed by atoms with Gasteiger partial charge in [-0.05, 0) is 30.2 Å². The molecule has 106 valence electrons. The van der Waals surface area contributed by atoms with Crippen LogP contribution in [0.1, 0.15) is 25.8 Å². The minimum absolute atomic E-state index is 0.0486. The van der Waals surface area contributed by atoms with Crippen molar-refractivity contribution in [3.63, 3.8) is 0 Å². The summed E-state index contributed by atoms with van der Waals surface area (Å²) in [7, 11) is 0. The minimum Gasteiger partial charge on any atom is -0.375 e. The van der Waals surface area contributed by atoms with Gasteiger partial charge in [0.15, 0.2) is 0 Å². The van der Waals surface area contributed by atoms with Gasteiger partial charge in [0, 0.05) is 5.92 Å². The highest BCUT2D eigenvalue weighted by Crippen LogP contribution is 2.41. The number of rotatable bonds is 4. The molecule has 0 N–H and O–H groups in total. The molecule has 1 nitrogen and oxygen atoms in total. The lowest BCUT2D eigenvalue weighted by Crippen LogP contribution is -2.47. The Morgan fingerprint density at radius 1 is 1.26 bits per heavy atom.